The maximum absolute atomic E-state index is 11.6. The summed E-state index contributed by atoms with van der Waals surface area (Å²) in [4.78, 5) is 21.8. The Labute approximate surface area is 114 Å². The second-order valence-corrected chi connectivity index (χ2v) is 5.80. The van der Waals surface area contributed by atoms with Gasteiger partial charge in [-0.25, -0.2) is 14.8 Å². The van der Waals surface area contributed by atoms with Crippen molar-refractivity contribution in [1.82, 2.24) is 14.9 Å². The lowest BCUT2D eigenvalue weighted by Gasteiger charge is -2.37. The van der Waals surface area contributed by atoms with Crippen LogP contribution in [-0.2, 0) is 4.74 Å². The number of carbonyl (C=O) groups excluding carboxylic acids is 1. The van der Waals surface area contributed by atoms with E-state index in [9.17, 15) is 4.79 Å². The summed E-state index contributed by atoms with van der Waals surface area (Å²) in [7, 11) is 0. The largest absolute Gasteiger partial charge is 0.449 e. The quantitative estimate of drug-likeness (QED) is 0.858. The van der Waals surface area contributed by atoms with Gasteiger partial charge in [-0.1, -0.05) is 0 Å². The molecule has 1 saturated heterocycles. The van der Waals surface area contributed by atoms with Crippen LogP contribution in [-0.4, -0.2) is 40.7 Å². The molecule has 1 aliphatic heterocycles. The molecule has 18 heavy (non-hydrogen) atoms. The van der Waals surface area contributed by atoms with E-state index >= 15 is 0 Å². The molecule has 1 aliphatic carbocycles. The Balaban J connectivity index is 1.46. The van der Waals surface area contributed by atoms with Crippen LogP contribution in [0.1, 0.15) is 24.6 Å². The molecule has 2 aliphatic rings. The summed E-state index contributed by atoms with van der Waals surface area (Å²) >= 11 is 3.30. The van der Waals surface area contributed by atoms with Crippen LogP contribution in [0.4, 0.5) is 4.79 Å². The van der Waals surface area contributed by atoms with Gasteiger partial charge in [-0.05, 0) is 34.7 Å². The molecule has 0 bridgehead atoms. The molecule has 0 unspecified atom stereocenters. The lowest BCUT2D eigenvalue weighted by molar-refractivity contribution is 0.0669. The summed E-state index contributed by atoms with van der Waals surface area (Å²) in [5.41, 5.74) is 0. The predicted octanol–water partition coefficient (Wildman–Crippen LogP) is 2.18. The van der Waals surface area contributed by atoms with Crippen molar-refractivity contribution in [2.45, 2.75) is 18.8 Å². The SMILES string of the molecule is O=C(OCC1CC1)N1CC(c2ncc(Br)cn2)C1. The van der Waals surface area contributed by atoms with E-state index in [1.165, 1.54) is 12.8 Å². The van der Waals surface area contributed by atoms with Gasteiger partial charge in [0.05, 0.1) is 17.0 Å². The minimum Gasteiger partial charge on any atom is -0.449 e. The third kappa shape index (κ3) is 2.63. The highest BCUT2D eigenvalue weighted by atomic mass is 79.9. The van der Waals surface area contributed by atoms with E-state index in [0.29, 0.717) is 25.6 Å². The van der Waals surface area contributed by atoms with Crippen molar-refractivity contribution in [2.75, 3.05) is 19.7 Å². The number of likely N-dealkylation sites (tertiary alicyclic amines) is 1. The van der Waals surface area contributed by atoms with Gasteiger partial charge in [0, 0.05) is 25.5 Å². The van der Waals surface area contributed by atoms with Gasteiger partial charge < -0.3 is 9.64 Å². The van der Waals surface area contributed by atoms with E-state index in [1.54, 1.807) is 17.3 Å². The zero-order valence-electron chi connectivity index (χ0n) is 9.88. The predicted molar refractivity (Wildman–Crippen MR) is 68.1 cm³/mol. The normalized spacial score (nSPS) is 19.5. The minimum atomic E-state index is -0.199. The van der Waals surface area contributed by atoms with Crippen LogP contribution in [0.2, 0.25) is 0 Å². The Bertz CT molecular complexity index is 441. The molecule has 0 N–H and O–H groups in total. The molecule has 3 rings (SSSR count). The maximum Gasteiger partial charge on any atom is 0.409 e. The van der Waals surface area contributed by atoms with Gasteiger partial charge >= 0.3 is 6.09 Å². The smallest absolute Gasteiger partial charge is 0.409 e. The number of carbonyl (C=O) groups is 1. The first-order valence-corrected chi connectivity index (χ1v) is 6.91. The molecule has 1 saturated carbocycles. The molecule has 96 valence electrons. The van der Waals surface area contributed by atoms with E-state index in [-0.39, 0.29) is 12.0 Å². The highest BCUT2D eigenvalue weighted by molar-refractivity contribution is 9.10. The maximum atomic E-state index is 11.6. The molecule has 5 nitrogen and oxygen atoms in total. The fourth-order valence-electron chi connectivity index (χ4n) is 1.89. The molecular weight excluding hydrogens is 298 g/mol. The number of hydrogen-bond donors (Lipinski definition) is 0. The van der Waals surface area contributed by atoms with Crippen molar-refractivity contribution in [1.29, 1.82) is 0 Å². The zero-order valence-corrected chi connectivity index (χ0v) is 11.5. The summed E-state index contributed by atoms with van der Waals surface area (Å²) < 4.78 is 6.08. The van der Waals surface area contributed by atoms with Gasteiger partial charge in [-0.2, -0.15) is 0 Å². The van der Waals surface area contributed by atoms with Crippen molar-refractivity contribution in [2.24, 2.45) is 5.92 Å². The van der Waals surface area contributed by atoms with Gasteiger partial charge in [0.25, 0.3) is 0 Å². The number of amides is 1. The third-order valence-corrected chi connectivity index (χ3v) is 3.69. The first-order valence-electron chi connectivity index (χ1n) is 6.11. The highest BCUT2D eigenvalue weighted by Crippen LogP contribution is 2.30. The van der Waals surface area contributed by atoms with E-state index < -0.39 is 0 Å². The lowest BCUT2D eigenvalue weighted by Crippen LogP contribution is -2.49. The molecule has 6 heteroatoms. The number of hydrogen-bond acceptors (Lipinski definition) is 4. The topological polar surface area (TPSA) is 55.3 Å². The van der Waals surface area contributed by atoms with Gasteiger partial charge in [0.1, 0.15) is 5.82 Å². The average molecular weight is 312 g/mol. The number of ether oxygens (including phenoxy) is 1. The Morgan fingerprint density at radius 3 is 2.67 bits per heavy atom. The first kappa shape index (κ1) is 11.9. The molecule has 0 aromatic carbocycles. The van der Waals surface area contributed by atoms with E-state index in [0.717, 1.165) is 10.3 Å². The number of rotatable bonds is 3. The molecule has 1 aromatic rings. The van der Waals surface area contributed by atoms with Crippen LogP contribution < -0.4 is 0 Å². The Morgan fingerprint density at radius 1 is 1.39 bits per heavy atom. The van der Waals surface area contributed by atoms with Gasteiger partial charge in [-0.15, -0.1) is 0 Å². The van der Waals surface area contributed by atoms with Crippen LogP contribution in [0, 0.1) is 5.92 Å². The standard InChI is InChI=1S/C12H14BrN3O2/c13-10-3-14-11(15-4-10)9-5-16(6-9)12(17)18-7-8-1-2-8/h3-4,8-9H,1-2,5-7H2. The van der Waals surface area contributed by atoms with E-state index in [4.69, 9.17) is 4.74 Å². The van der Waals surface area contributed by atoms with Crippen LogP contribution in [0.3, 0.4) is 0 Å². The van der Waals surface area contributed by atoms with Crippen molar-refractivity contribution in [3.8, 4) is 0 Å². The summed E-state index contributed by atoms with van der Waals surface area (Å²) in [6, 6.07) is 0. The second-order valence-electron chi connectivity index (χ2n) is 4.88. The van der Waals surface area contributed by atoms with Crippen LogP contribution in [0.25, 0.3) is 0 Å². The fraction of sp³-hybridized carbons (Fsp3) is 0.583. The van der Waals surface area contributed by atoms with Gasteiger partial charge in [-0.3, -0.25) is 0 Å². The first-order chi connectivity index (χ1) is 8.72. The Morgan fingerprint density at radius 2 is 2.06 bits per heavy atom. The molecule has 1 amide bonds. The summed E-state index contributed by atoms with van der Waals surface area (Å²) in [6.07, 6.45) is 5.66. The zero-order chi connectivity index (χ0) is 12.5. The molecule has 2 heterocycles. The molecular formula is C12H14BrN3O2. The van der Waals surface area contributed by atoms with E-state index in [2.05, 4.69) is 25.9 Å². The highest BCUT2D eigenvalue weighted by Gasteiger charge is 2.35. The van der Waals surface area contributed by atoms with Crippen molar-refractivity contribution >= 4 is 22.0 Å². The van der Waals surface area contributed by atoms with Crippen LogP contribution in [0.15, 0.2) is 16.9 Å². The van der Waals surface area contributed by atoms with Gasteiger partial charge in [0.15, 0.2) is 0 Å². The average Bonchev–Trinajstić information content (AvgIpc) is 3.11. The molecule has 0 atom stereocenters. The van der Waals surface area contributed by atoms with Crippen molar-refractivity contribution in [3.05, 3.63) is 22.7 Å². The Kier molecular flexibility index (Phi) is 3.20. The summed E-state index contributed by atoms with van der Waals surface area (Å²) in [5.74, 6) is 1.65. The summed E-state index contributed by atoms with van der Waals surface area (Å²) in [6.45, 7) is 1.89. The molecule has 0 radical (unpaired) electrons. The molecule has 2 fully saturated rings. The van der Waals surface area contributed by atoms with Crippen molar-refractivity contribution < 1.29 is 9.53 Å². The van der Waals surface area contributed by atoms with E-state index in [1.807, 2.05) is 0 Å². The van der Waals surface area contributed by atoms with Crippen LogP contribution in [0.5, 0.6) is 0 Å². The second kappa shape index (κ2) is 4.84. The summed E-state index contributed by atoms with van der Waals surface area (Å²) in [5, 5.41) is 0. The number of halogens is 1. The van der Waals surface area contributed by atoms with Gasteiger partial charge in [0.2, 0.25) is 0 Å². The number of nitrogens with zero attached hydrogens (tertiary/aromatic N) is 3. The number of aromatic nitrogens is 2. The van der Waals surface area contributed by atoms with Crippen LogP contribution >= 0.6 is 15.9 Å². The minimum absolute atomic E-state index is 0.199. The fourth-order valence-corrected chi connectivity index (χ4v) is 2.09. The monoisotopic (exact) mass is 311 g/mol. The molecule has 1 aromatic heterocycles. The molecule has 0 spiro atoms. The third-order valence-electron chi connectivity index (χ3n) is 3.28. The van der Waals surface area contributed by atoms with Crippen molar-refractivity contribution in [3.63, 3.8) is 0 Å². The lowest BCUT2D eigenvalue weighted by atomic mass is 10.0. The Hall–Kier alpha value is -1.17.